The Bertz CT molecular complexity index is 546. The van der Waals surface area contributed by atoms with Crippen LogP contribution in [0, 0.1) is 0 Å². The first-order chi connectivity index (χ1) is 10.3. The molecular weight excluding hydrogens is 264 g/mol. The largest absolute Gasteiger partial charge is 0.462 e. The highest BCUT2D eigenvalue weighted by molar-refractivity contribution is 5.90. The molecule has 0 bridgehead atoms. The maximum absolute atomic E-state index is 11.9. The Hall–Kier alpha value is -2.13. The Morgan fingerprint density at radius 3 is 2.14 bits per heavy atom. The molecule has 0 radical (unpaired) electrons. The van der Waals surface area contributed by atoms with Crippen LogP contribution in [0.3, 0.4) is 0 Å². The zero-order chi connectivity index (χ0) is 14.9. The number of rotatable bonds is 7. The molecule has 0 fully saturated rings. The number of esters is 1. The molecule has 2 aromatic carbocycles. The summed E-state index contributed by atoms with van der Waals surface area (Å²) in [7, 11) is 1.67. The molecule has 0 unspecified atom stereocenters. The molecule has 0 heterocycles. The van der Waals surface area contributed by atoms with Crippen molar-refractivity contribution in [1.82, 2.24) is 0 Å². The first-order valence-corrected chi connectivity index (χ1v) is 7.13. The highest BCUT2D eigenvalue weighted by Crippen LogP contribution is 2.19. The van der Waals surface area contributed by atoms with Gasteiger partial charge in [-0.05, 0) is 36.1 Å². The Kier molecular flexibility index (Phi) is 5.98. The topological polar surface area (TPSA) is 35.5 Å². The maximum atomic E-state index is 11.9. The number of unbranched alkanes of at least 4 members (excludes halogenated alkanes) is 1. The van der Waals surface area contributed by atoms with Gasteiger partial charge in [0.1, 0.15) is 0 Å². The van der Waals surface area contributed by atoms with Crippen LogP contribution in [0.1, 0.15) is 23.2 Å². The van der Waals surface area contributed by atoms with E-state index >= 15 is 0 Å². The Balaban J connectivity index is 1.88. The molecule has 0 saturated heterocycles. The van der Waals surface area contributed by atoms with Crippen molar-refractivity contribution >= 4 is 5.97 Å². The molecule has 0 saturated carbocycles. The molecule has 0 aromatic heterocycles. The summed E-state index contributed by atoms with van der Waals surface area (Å²) in [5, 5.41) is 0. The maximum Gasteiger partial charge on any atom is 0.338 e. The van der Waals surface area contributed by atoms with Crippen LogP contribution in [0.5, 0.6) is 0 Å². The number of hydrogen-bond donors (Lipinski definition) is 0. The Morgan fingerprint density at radius 2 is 1.48 bits per heavy atom. The number of hydrogen-bond acceptors (Lipinski definition) is 3. The first kappa shape index (κ1) is 15.3. The second-order valence-electron chi connectivity index (χ2n) is 4.78. The molecule has 3 nitrogen and oxygen atoms in total. The minimum absolute atomic E-state index is 0.271. The third-order valence-corrected chi connectivity index (χ3v) is 3.20. The molecule has 0 amide bonds. The van der Waals surface area contributed by atoms with Gasteiger partial charge in [-0.15, -0.1) is 0 Å². The van der Waals surface area contributed by atoms with Gasteiger partial charge in [-0.25, -0.2) is 4.79 Å². The van der Waals surface area contributed by atoms with E-state index in [0.717, 1.165) is 24.0 Å². The molecule has 21 heavy (non-hydrogen) atoms. The lowest BCUT2D eigenvalue weighted by atomic mass is 10.0. The van der Waals surface area contributed by atoms with E-state index in [2.05, 4.69) is 0 Å². The zero-order valence-corrected chi connectivity index (χ0v) is 12.2. The zero-order valence-electron chi connectivity index (χ0n) is 12.2. The lowest BCUT2D eigenvalue weighted by molar-refractivity contribution is 0.0489. The SMILES string of the molecule is COCCCCOC(=O)c1ccc(-c2ccccc2)cc1. The predicted molar refractivity (Wildman–Crippen MR) is 83.3 cm³/mol. The van der Waals surface area contributed by atoms with Gasteiger partial charge in [-0.1, -0.05) is 42.5 Å². The molecule has 2 rings (SSSR count). The van der Waals surface area contributed by atoms with Crippen LogP contribution in [-0.4, -0.2) is 26.3 Å². The van der Waals surface area contributed by atoms with Crippen LogP contribution in [0.25, 0.3) is 11.1 Å². The number of benzene rings is 2. The van der Waals surface area contributed by atoms with Gasteiger partial charge in [0.15, 0.2) is 0 Å². The monoisotopic (exact) mass is 284 g/mol. The summed E-state index contributed by atoms with van der Waals surface area (Å²) >= 11 is 0. The number of carbonyl (C=O) groups excluding carboxylic acids is 1. The van der Waals surface area contributed by atoms with Crippen LogP contribution < -0.4 is 0 Å². The van der Waals surface area contributed by atoms with E-state index in [1.807, 2.05) is 42.5 Å². The number of methoxy groups -OCH3 is 1. The van der Waals surface area contributed by atoms with Crippen LogP contribution in [0.15, 0.2) is 54.6 Å². The molecule has 110 valence electrons. The molecule has 3 heteroatoms. The predicted octanol–water partition coefficient (Wildman–Crippen LogP) is 3.94. The molecule has 0 aliphatic carbocycles. The van der Waals surface area contributed by atoms with Crippen molar-refractivity contribution in [3.05, 3.63) is 60.2 Å². The molecule has 0 aliphatic rings. The smallest absolute Gasteiger partial charge is 0.338 e. The van der Waals surface area contributed by atoms with Crippen molar-refractivity contribution in [2.45, 2.75) is 12.8 Å². The van der Waals surface area contributed by atoms with E-state index in [0.29, 0.717) is 18.8 Å². The van der Waals surface area contributed by atoms with Gasteiger partial charge in [-0.2, -0.15) is 0 Å². The lowest BCUT2D eigenvalue weighted by Gasteiger charge is -2.06. The van der Waals surface area contributed by atoms with Crippen molar-refractivity contribution in [2.75, 3.05) is 20.3 Å². The molecule has 0 N–H and O–H groups in total. The van der Waals surface area contributed by atoms with E-state index in [9.17, 15) is 4.79 Å². The first-order valence-electron chi connectivity index (χ1n) is 7.13. The van der Waals surface area contributed by atoms with E-state index in [4.69, 9.17) is 9.47 Å². The fourth-order valence-corrected chi connectivity index (χ4v) is 2.03. The van der Waals surface area contributed by atoms with Gasteiger partial charge in [0.25, 0.3) is 0 Å². The van der Waals surface area contributed by atoms with E-state index < -0.39 is 0 Å². The molecular formula is C18H20O3. The van der Waals surface area contributed by atoms with Crippen LogP contribution >= 0.6 is 0 Å². The van der Waals surface area contributed by atoms with Crippen LogP contribution in [0.4, 0.5) is 0 Å². The lowest BCUT2D eigenvalue weighted by Crippen LogP contribution is -2.06. The van der Waals surface area contributed by atoms with Gasteiger partial charge < -0.3 is 9.47 Å². The van der Waals surface area contributed by atoms with Crippen molar-refractivity contribution < 1.29 is 14.3 Å². The quantitative estimate of drug-likeness (QED) is 0.570. The fraction of sp³-hybridized carbons (Fsp3) is 0.278. The third kappa shape index (κ3) is 4.72. The van der Waals surface area contributed by atoms with Gasteiger partial charge in [0.2, 0.25) is 0 Å². The third-order valence-electron chi connectivity index (χ3n) is 3.20. The van der Waals surface area contributed by atoms with E-state index in [1.165, 1.54) is 0 Å². The van der Waals surface area contributed by atoms with Crippen LogP contribution in [0.2, 0.25) is 0 Å². The van der Waals surface area contributed by atoms with Gasteiger partial charge in [0.05, 0.1) is 12.2 Å². The van der Waals surface area contributed by atoms with E-state index in [-0.39, 0.29) is 5.97 Å². The highest BCUT2D eigenvalue weighted by atomic mass is 16.5. The second-order valence-corrected chi connectivity index (χ2v) is 4.78. The van der Waals surface area contributed by atoms with Crippen molar-refractivity contribution in [3.8, 4) is 11.1 Å². The second kappa shape index (κ2) is 8.22. The average Bonchev–Trinajstić information content (AvgIpc) is 2.55. The summed E-state index contributed by atoms with van der Waals surface area (Å²) in [6.07, 6.45) is 1.72. The van der Waals surface area contributed by atoms with Gasteiger partial charge in [-0.3, -0.25) is 0 Å². The number of ether oxygens (including phenoxy) is 2. The Morgan fingerprint density at radius 1 is 0.857 bits per heavy atom. The van der Waals surface area contributed by atoms with Crippen LogP contribution in [-0.2, 0) is 9.47 Å². The molecule has 0 spiro atoms. The van der Waals surface area contributed by atoms with Crippen molar-refractivity contribution in [2.24, 2.45) is 0 Å². The summed E-state index contributed by atoms with van der Waals surface area (Å²) < 4.78 is 10.2. The summed E-state index contributed by atoms with van der Waals surface area (Å²) in [6.45, 7) is 1.13. The van der Waals surface area contributed by atoms with Crippen molar-refractivity contribution in [3.63, 3.8) is 0 Å². The van der Waals surface area contributed by atoms with Gasteiger partial charge >= 0.3 is 5.97 Å². The summed E-state index contributed by atoms with van der Waals surface area (Å²) in [5.74, 6) is -0.271. The highest BCUT2D eigenvalue weighted by Gasteiger charge is 2.07. The Labute approximate surface area is 125 Å². The minimum Gasteiger partial charge on any atom is -0.462 e. The summed E-state index contributed by atoms with van der Waals surface area (Å²) in [4.78, 5) is 11.9. The molecule has 2 aromatic rings. The normalized spacial score (nSPS) is 10.3. The van der Waals surface area contributed by atoms with E-state index in [1.54, 1.807) is 19.2 Å². The van der Waals surface area contributed by atoms with Crippen molar-refractivity contribution in [1.29, 1.82) is 0 Å². The van der Waals surface area contributed by atoms with Gasteiger partial charge in [0, 0.05) is 13.7 Å². The molecule has 0 atom stereocenters. The standard InChI is InChI=1S/C18H20O3/c1-20-13-5-6-14-21-18(19)17-11-9-16(10-12-17)15-7-3-2-4-8-15/h2-4,7-12H,5-6,13-14H2,1H3. The number of carbonyl (C=O) groups is 1. The summed E-state index contributed by atoms with van der Waals surface area (Å²) in [5.41, 5.74) is 2.81. The molecule has 0 aliphatic heterocycles. The minimum atomic E-state index is -0.271. The summed E-state index contributed by atoms with van der Waals surface area (Å²) in [6, 6.07) is 17.6. The average molecular weight is 284 g/mol. The fourth-order valence-electron chi connectivity index (χ4n) is 2.03.